The minimum Gasteiger partial charge on any atom is -0.390 e. The Morgan fingerprint density at radius 1 is 1.21 bits per heavy atom. The van der Waals surface area contributed by atoms with E-state index in [1.807, 2.05) is 13.8 Å². The van der Waals surface area contributed by atoms with Gasteiger partial charge in [-0.05, 0) is 18.8 Å². The summed E-state index contributed by atoms with van der Waals surface area (Å²) < 4.78 is 0. The maximum absolute atomic E-state index is 9.78. The molecule has 14 heavy (non-hydrogen) atoms. The summed E-state index contributed by atoms with van der Waals surface area (Å²) in [5, 5.41) is 19.4. The van der Waals surface area contributed by atoms with Gasteiger partial charge in [-0.3, -0.25) is 0 Å². The van der Waals surface area contributed by atoms with Crippen LogP contribution in [0, 0.1) is 18.3 Å². The van der Waals surface area contributed by atoms with Crippen molar-refractivity contribution in [1.82, 2.24) is 0 Å². The van der Waals surface area contributed by atoms with Gasteiger partial charge in [0.05, 0.1) is 12.2 Å². The van der Waals surface area contributed by atoms with E-state index in [-0.39, 0.29) is 5.92 Å². The van der Waals surface area contributed by atoms with Gasteiger partial charge in [0.2, 0.25) is 0 Å². The van der Waals surface area contributed by atoms with Gasteiger partial charge < -0.3 is 10.2 Å². The van der Waals surface area contributed by atoms with E-state index in [1.54, 1.807) is 0 Å². The quantitative estimate of drug-likeness (QED) is 0.485. The molecule has 82 valence electrons. The van der Waals surface area contributed by atoms with E-state index >= 15 is 0 Å². The molecule has 0 rings (SSSR count). The van der Waals surface area contributed by atoms with E-state index in [2.05, 4.69) is 5.92 Å². The predicted molar refractivity (Wildman–Crippen MR) is 58.8 cm³/mol. The van der Waals surface area contributed by atoms with Crippen molar-refractivity contribution in [3.63, 3.8) is 0 Å². The van der Waals surface area contributed by atoms with Crippen molar-refractivity contribution in [3.05, 3.63) is 0 Å². The number of aliphatic hydroxyl groups excluding tert-OH is 2. The van der Waals surface area contributed by atoms with Crippen LogP contribution in [-0.2, 0) is 0 Å². The Morgan fingerprint density at radius 2 is 1.79 bits per heavy atom. The van der Waals surface area contributed by atoms with Crippen LogP contribution in [0.5, 0.6) is 0 Å². The van der Waals surface area contributed by atoms with E-state index in [4.69, 9.17) is 6.42 Å². The third kappa shape index (κ3) is 4.64. The summed E-state index contributed by atoms with van der Waals surface area (Å²) in [7, 11) is 0. The first-order chi connectivity index (χ1) is 6.67. The minimum absolute atomic E-state index is 0.204. The molecule has 0 fully saturated rings. The Morgan fingerprint density at radius 3 is 2.21 bits per heavy atom. The number of rotatable bonds is 7. The van der Waals surface area contributed by atoms with Gasteiger partial charge in [0, 0.05) is 6.42 Å². The molecule has 0 aromatic rings. The third-order valence-corrected chi connectivity index (χ3v) is 2.75. The molecule has 0 aromatic heterocycles. The van der Waals surface area contributed by atoms with Gasteiger partial charge in [-0.25, -0.2) is 0 Å². The van der Waals surface area contributed by atoms with Crippen molar-refractivity contribution in [3.8, 4) is 12.3 Å². The lowest BCUT2D eigenvalue weighted by Crippen LogP contribution is -2.32. The number of terminal acetylenes is 1. The van der Waals surface area contributed by atoms with Crippen LogP contribution in [0.25, 0.3) is 0 Å². The Kier molecular flexibility index (Phi) is 7.55. The summed E-state index contributed by atoms with van der Waals surface area (Å²) >= 11 is 0. The molecular weight excluding hydrogens is 176 g/mol. The van der Waals surface area contributed by atoms with Crippen LogP contribution in [0.15, 0.2) is 0 Å². The number of hydrogen-bond acceptors (Lipinski definition) is 2. The van der Waals surface area contributed by atoms with Crippen molar-refractivity contribution >= 4 is 0 Å². The number of unbranched alkanes of at least 4 members (excludes halogenated alkanes) is 1. The highest BCUT2D eigenvalue weighted by atomic mass is 16.3. The summed E-state index contributed by atoms with van der Waals surface area (Å²) in [4.78, 5) is 0. The number of hydrogen-bond donors (Lipinski definition) is 2. The van der Waals surface area contributed by atoms with Gasteiger partial charge in [-0.15, -0.1) is 12.3 Å². The summed E-state index contributed by atoms with van der Waals surface area (Å²) in [5.74, 6) is 2.73. The summed E-state index contributed by atoms with van der Waals surface area (Å²) in [6.07, 6.45) is 7.77. The van der Waals surface area contributed by atoms with Crippen LogP contribution in [0.3, 0.4) is 0 Å². The van der Waals surface area contributed by atoms with E-state index in [9.17, 15) is 10.2 Å². The van der Waals surface area contributed by atoms with Crippen LogP contribution in [-0.4, -0.2) is 22.4 Å². The van der Waals surface area contributed by atoms with Crippen LogP contribution in [0.1, 0.15) is 46.0 Å². The first kappa shape index (κ1) is 13.5. The van der Waals surface area contributed by atoms with Gasteiger partial charge in [0.25, 0.3) is 0 Å². The fourth-order valence-electron chi connectivity index (χ4n) is 1.67. The van der Waals surface area contributed by atoms with Crippen LogP contribution >= 0.6 is 0 Å². The van der Waals surface area contributed by atoms with E-state index in [0.29, 0.717) is 12.8 Å². The van der Waals surface area contributed by atoms with Crippen LogP contribution in [0.4, 0.5) is 0 Å². The monoisotopic (exact) mass is 198 g/mol. The van der Waals surface area contributed by atoms with E-state index in [0.717, 1.165) is 19.3 Å². The molecular formula is C12H22O2. The summed E-state index contributed by atoms with van der Waals surface area (Å²) in [5.41, 5.74) is 0. The van der Waals surface area contributed by atoms with Crippen molar-refractivity contribution in [2.24, 2.45) is 5.92 Å². The molecule has 0 bridgehead atoms. The van der Waals surface area contributed by atoms with Crippen molar-refractivity contribution in [2.45, 2.75) is 58.2 Å². The molecule has 0 aliphatic heterocycles. The van der Waals surface area contributed by atoms with Crippen molar-refractivity contribution < 1.29 is 10.2 Å². The molecule has 0 aliphatic carbocycles. The lowest BCUT2D eigenvalue weighted by Gasteiger charge is -2.24. The second-order valence-electron chi connectivity index (χ2n) is 3.73. The van der Waals surface area contributed by atoms with Gasteiger partial charge >= 0.3 is 0 Å². The van der Waals surface area contributed by atoms with Gasteiger partial charge in [0.15, 0.2) is 0 Å². The highest BCUT2D eigenvalue weighted by Crippen LogP contribution is 2.18. The second-order valence-corrected chi connectivity index (χ2v) is 3.73. The molecule has 0 aliphatic rings. The van der Waals surface area contributed by atoms with E-state index < -0.39 is 12.2 Å². The summed E-state index contributed by atoms with van der Waals surface area (Å²) in [6.45, 7) is 4.07. The molecule has 0 radical (unpaired) electrons. The molecule has 0 amide bonds. The zero-order valence-corrected chi connectivity index (χ0v) is 9.24. The standard InChI is InChI=1S/C12H22O2/c1-4-7-8-9-11(13)12(14)10(5-2)6-3/h1,10-14H,5-9H2,2-3H3. The van der Waals surface area contributed by atoms with E-state index in [1.165, 1.54) is 0 Å². The van der Waals surface area contributed by atoms with Crippen molar-refractivity contribution in [2.75, 3.05) is 0 Å². The second kappa shape index (κ2) is 7.84. The average Bonchev–Trinajstić information content (AvgIpc) is 2.19. The molecule has 0 saturated carbocycles. The molecule has 0 spiro atoms. The molecule has 0 saturated heterocycles. The van der Waals surface area contributed by atoms with Crippen LogP contribution in [0.2, 0.25) is 0 Å². The molecule has 0 aromatic carbocycles. The maximum atomic E-state index is 9.78. The normalized spacial score (nSPS) is 15.1. The zero-order chi connectivity index (χ0) is 11.0. The number of aliphatic hydroxyl groups is 2. The van der Waals surface area contributed by atoms with Crippen molar-refractivity contribution in [1.29, 1.82) is 0 Å². The maximum Gasteiger partial charge on any atom is 0.0826 e. The smallest absolute Gasteiger partial charge is 0.0826 e. The fourth-order valence-corrected chi connectivity index (χ4v) is 1.67. The van der Waals surface area contributed by atoms with Gasteiger partial charge in [0.1, 0.15) is 0 Å². The molecule has 2 atom stereocenters. The Balaban J connectivity index is 3.85. The fraction of sp³-hybridized carbons (Fsp3) is 0.833. The van der Waals surface area contributed by atoms with Gasteiger partial charge in [-0.2, -0.15) is 0 Å². The Bertz CT molecular complexity index is 168. The zero-order valence-electron chi connectivity index (χ0n) is 9.24. The Labute approximate surface area is 87.3 Å². The predicted octanol–water partition coefficient (Wildman–Crippen LogP) is 1.95. The molecule has 2 nitrogen and oxygen atoms in total. The Hall–Kier alpha value is -0.520. The van der Waals surface area contributed by atoms with Gasteiger partial charge in [-0.1, -0.05) is 26.7 Å². The largest absolute Gasteiger partial charge is 0.390 e. The highest BCUT2D eigenvalue weighted by Gasteiger charge is 2.22. The molecule has 2 N–H and O–H groups in total. The molecule has 0 heterocycles. The first-order valence-electron chi connectivity index (χ1n) is 5.46. The average molecular weight is 198 g/mol. The topological polar surface area (TPSA) is 40.5 Å². The SMILES string of the molecule is C#CCCCC(O)C(O)C(CC)CC. The summed E-state index contributed by atoms with van der Waals surface area (Å²) in [6, 6.07) is 0. The first-order valence-corrected chi connectivity index (χ1v) is 5.46. The van der Waals surface area contributed by atoms with Crippen LogP contribution < -0.4 is 0 Å². The molecule has 2 heteroatoms. The minimum atomic E-state index is -0.617. The molecule has 2 unspecified atom stereocenters. The lowest BCUT2D eigenvalue weighted by atomic mass is 9.91. The lowest BCUT2D eigenvalue weighted by molar-refractivity contribution is -0.0238. The highest BCUT2D eigenvalue weighted by molar-refractivity contribution is 4.84. The third-order valence-electron chi connectivity index (χ3n) is 2.75.